The lowest BCUT2D eigenvalue weighted by Gasteiger charge is -2.11. The van der Waals surface area contributed by atoms with Gasteiger partial charge in [-0.1, -0.05) is 23.2 Å². The van der Waals surface area contributed by atoms with Crippen molar-refractivity contribution in [2.45, 2.75) is 6.92 Å². The van der Waals surface area contributed by atoms with Crippen LogP contribution in [0.4, 0.5) is 0 Å². The zero-order chi connectivity index (χ0) is 17.3. The van der Waals surface area contributed by atoms with Gasteiger partial charge in [-0.15, -0.1) is 0 Å². The number of ether oxygens (including phenoxy) is 1. The van der Waals surface area contributed by atoms with Gasteiger partial charge in [-0.3, -0.25) is 0 Å². The first kappa shape index (κ1) is 16.3. The number of esters is 1. The summed E-state index contributed by atoms with van der Waals surface area (Å²) in [6.07, 6.45) is 0. The summed E-state index contributed by atoms with van der Waals surface area (Å²) in [5.74, 6) is -0.428. The third kappa shape index (κ3) is 3.05. The van der Waals surface area contributed by atoms with Crippen LogP contribution < -0.4 is 4.74 Å². The topological polar surface area (TPSA) is 63.0 Å². The quantitative estimate of drug-likeness (QED) is 0.481. The Balaban J connectivity index is 2.04. The van der Waals surface area contributed by atoms with Crippen LogP contribution in [0.2, 0.25) is 10.0 Å². The van der Waals surface area contributed by atoms with Gasteiger partial charge in [-0.25, -0.2) is 9.78 Å². The molecule has 1 aromatic heterocycles. The van der Waals surface area contributed by atoms with Crippen LogP contribution in [0.3, 0.4) is 0 Å². The number of nitrogens with zero attached hydrogens (tertiary/aromatic N) is 2. The highest BCUT2D eigenvalue weighted by Gasteiger charge is 2.17. The molecule has 0 atom stereocenters. The summed E-state index contributed by atoms with van der Waals surface area (Å²) in [5, 5.41) is 10.1. The van der Waals surface area contributed by atoms with E-state index in [1.54, 1.807) is 18.2 Å². The normalized spacial score (nSPS) is 10.4. The zero-order valence-corrected chi connectivity index (χ0v) is 14.0. The molecule has 6 heteroatoms. The molecule has 3 aromatic rings. The Morgan fingerprint density at radius 3 is 2.50 bits per heavy atom. The second kappa shape index (κ2) is 6.48. The maximum atomic E-state index is 12.4. The molecular weight excluding hydrogens is 347 g/mol. The zero-order valence-electron chi connectivity index (χ0n) is 12.5. The molecule has 24 heavy (non-hydrogen) atoms. The molecule has 0 aliphatic rings. The van der Waals surface area contributed by atoms with Crippen LogP contribution in [0.5, 0.6) is 5.75 Å². The van der Waals surface area contributed by atoms with Crippen LogP contribution >= 0.6 is 23.2 Å². The second-order valence-corrected chi connectivity index (χ2v) is 5.91. The van der Waals surface area contributed by atoms with E-state index in [1.807, 2.05) is 19.1 Å². The molecule has 3 rings (SSSR count). The fourth-order valence-corrected chi connectivity index (χ4v) is 2.77. The van der Waals surface area contributed by atoms with Crippen molar-refractivity contribution < 1.29 is 9.53 Å². The Bertz CT molecular complexity index is 993. The molecule has 1 heterocycles. The maximum absolute atomic E-state index is 12.4. The summed E-state index contributed by atoms with van der Waals surface area (Å²) in [7, 11) is 0. The lowest BCUT2D eigenvalue weighted by atomic mass is 10.1. The van der Waals surface area contributed by atoms with E-state index in [2.05, 4.69) is 4.98 Å². The summed E-state index contributed by atoms with van der Waals surface area (Å²) in [4.78, 5) is 16.7. The maximum Gasteiger partial charge on any atom is 0.343 e. The number of pyridine rings is 1. The third-order valence-electron chi connectivity index (χ3n) is 3.42. The van der Waals surface area contributed by atoms with Crippen LogP contribution in [0.1, 0.15) is 21.6 Å². The molecule has 0 spiro atoms. The van der Waals surface area contributed by atoms with Gasteiger partial charge in [-0.2, -0.15) is 5.26 Å². The Kier molecular flexibility index (Phi) is 4.39. The number of halogens is 2. The molecule has 2 aromatic carbocycles. The summed E-state index contributed by atoms with van der Waals surface area (Å²) in [5.41, 5.74) is 1.94. The molecule has 0 saturated heterocycles. The first-order valence-corrected chi connectivity index (χ1v) is 7.73. The first-order chi connectivity index (χ1) is 11.5. The number of nitriles is 1. The highest BCUT2D eigenvalue weighted by Crippen LogP contribution is 2.37. The number of aryl methyl sites for hydroxylation is 1. The molecule has 118 valence electrons. The van der Waals surface area contributed by atoms with E-state index in [4.69, 9.17) is 33.2 Å². The second-order valence-electron chi connectivity index (χ2n) is 5.10. The highest BCUT2D eigenvalue weighted by molar-refractivity contribution is 6.39. The van der Waals surface area contributed by atoms with Gasteiger partial charge < -0.3 is 4.74 Å². The Morgan fingerprint density at radius 1 is 1.12 bits per heavy atom. The largest absolute Gasteiger partial charge is 0.419 e. The summed E-state index contributed by atoms with van der Waals surface area (Å²) >= 11 is 12.4. The number of benzene rings is 2. The fraction of sp³-hybridized carbons (Fsp3) is 0.0556. The first-order valence-electron chi connectivity index (χ1n) is 6.97. The smallest absolute Gasteiger partial charge is 0.343 e. The Labute approximate surface area is 148 Å². The van der Waals surface area contributed by atoms with Crippen molar-refractivity contribution in [1.29, 1.82) is 5.26 Å². The predicted molar refractivity (Wildman–Crippen MR) is 92.6 cm³/mol. The Morgan fingerprint density at radius 2 is 1.83 bits per heavy atom. The van der Waals surface area contributed by atoms with Crippen molar-refractivity contribution in [3.63, 3.8) is 0 Å². The van der Waals surface area contributed by atoms with Crippen LogP contribution in [0, 0.1) is 18.3 Å². The van der Waals surface area contributed by atoms with Crippen molar-refractivity contribution in [1.82, 2.24) is 4.98 Å². The van der Waals surface area contributed by atoms with Crippen LogP contribution in [-0.4, -0.2) is 11.0 Å². The molecule has 0 N–H and O–H groups in total. The Hall–Kier alpha value is -2.61. The minimum Gasteiger partial charge on any atom is -0.419 e. The minimum absolute atomic E-state index is 0.161. The number of hydrogen-bond acceptors (Lipinski definition) is 4. The van der Waals surface area contributed by atoms with Gasteiger partial charge in [0.1, 0.15) is 5.52 Å². The van der Waals surface area contributed by atoms with E-state index in [9.17, 15) is 4.79 Å². The average molecular weight is 357 g/mol. The van der Waals surface area contributed by atoms with E-state index >= 15 is 0 Å². The number of carbonyl (C=O) groups excluding carboxylic acids is 1. The van der Waals surface area contributed by atoms with Gasteiger partial charge in [0.2, 0.25) is 0 Å². The molecule has 0 bridgehead atoms. The van der Waals surface area contributed by atoms with E-state index < -0.39 is 5.97 Å². The predicted octanol–water partition coefficient (Wildman–Crippen LogP) is 4.94. The van der Waals surface area contributed by atoms with E-state index in [0.717, 1.165) is 5.69 Å². The summed E-state index contributed by atoms with van der Waals surface area (Å²) in [6, 6.07) is 13.2. The van der Waals surface area contributed by atoms with Crippen molar-refractivity contribution in [3.05, 3.63) is 69.3 Å². The standard InChI is InChI=1S/C18H10Cl2N2O2/c1-10-2-7-13-14(19)8-15(20)17(16(13)22-10)24-18(23)12-5-3-11(9-21)4-6-12/h2-8H,1H3. The number of hydrogen-bond donors (Lipinski definition) is 0. The molecule has 0 aliphatic heterocycles. The van der Waals surface area contributed by atoms with Gasteiger partial charge in [0.15, 0.2) is 5.75 Å². The van der Waals surface area contributed by atoms with Crippen molar-refractivity contribution in [3.8, 4) is 11.8 Å². The SMILES string of the molecule is Cc1ccc2c(Cl)cc(Cl)c(OC(=O)c3ccc(C#N)cc3)c2n1. The van der Waals surface area contributed by atoms with Crippen molar-refractivity contribution in [2.24, 2.45) is 0 Å². The summed E-state index contributed by atoms with van der Waals surface area (Å²) < 4.78 is 5.45. The molecule has 0 unspecified atom stereocenters. The monoisotopic (exact) mass is 356 g/mol. The van der Waals surface area contributed by atoms with Crippen LogP contribution in [0.25, 0.3) is 10.9 Å². The molecule has 4 nitrogen and oxygen atoms in total. The van der Waals surface area contributed by atoms with E-state index in [1.165, 1.54) is 18.2 Å². The van der Waals surface area contributed by atoms with Gasteiger partial charge in [-0.05, 0) is 49.4 Å². The van der Waals surface area contributed by atoms with Gasteiger partial charge in [0, 0.05) is 11.1 Å². The van der Waals surface area contributed by atoms with Crippen molar-refractivity contribution >= 4 is 40.1 Å². The van der Waals surface area contributed by atoms with Crippen molar-refractivity contribution in [2.75, 3.05) is 0 Å². The third-order valence-corrected chi connectivity index (χ3v) is 4.02. The number of carbonyl (C=O) groups is 1. The van der Waals surface area contributed by atoms with Gasteiger partial charge in [0.05, 0.1) is 27.2 Å². The van der Waals surface area contributed by atoms with Crippen LogP contribution in [0.15, 0.2) is 42.5 Å². The molecule has 0 amide bonds. The highest BCUT2D eigenvalue weighted by atomic mass is 35.5. The lowest BCUT2D eigenvalue weighted by Crippen LogP contribution is -2.09. The summed E-state index contributed by atoms with van der Waals surface area (Å²) in [6.45, 7) is 1.82. The molecule has 0 saturated carbocycles. The van der Waals surface area contributed by atoms with Crippen LogP contribution in [-0.2, 0) is 0 Å². The molecule has 0 aliphatic carbocycles. The molecule has 0 fully saturated rings. The minimum atomic E-state index is -0.590. The molecule has 0 radical (unpaired) electrons. The fourth-order valence-electron chi connectivity index (χ4n) is 2.22. The number of aromatic nitrogens is 1. The van der Waals surface area contributed by atoms with E-state index in [0.29, 0.717) is 27.1 Å². The number of rotatable bonds is 2. The average Bonchev–Trinajstić information content (AvgIpc) is 2.58. The van der Waals surface area contributed by atoms with E-state index in [-0.39, 0.29) is 10.8 Å². The van der Waals surface area contributed by atoms with Gasteiger partial charge >= 0.3 is 5.97 Å². The molecular formula is C18H10Cl2N2O2. The van der Waals surface area contributed by atoms with Gasteiger partial charge in [0.25, 0.3) is 0 Å². The lowest BCUT2D eigenvalue weighted by molar-refractivity contribution is 0.0737. The number of fused-ring (bicyclic) bond motifs is 1.